The summed E-state index contributed by atoms with van der Waals surface area (Å²) < 4.78 is 7.06. The topological polar surface area (TPSA) is 85.8 Å². The summed E-state index contributed by atoms with van der Waals surface area (Å²) in [5.74, 6) is -0.118. The Morgan fingerprint density at radius 1 is 1.35 bits per heavy atom. The molecule has 0 atom stereocenters. The molecule has 0 saturated carbocycles. The normalized spacial score (nSPS) is 10.7. The average molecular weight is 332 g/mol. The van der Waals surface area contributed by atoms with Crippen molar-refractivity contribution in [3.05, 3.63) is 46.7 Å². The Bertz CT molecular complexity index is 855. The highest BCUT2D eigenvalue weighted by atomic mass is 35.5. The molecule has 0 unspecified atom stereocenters. The van der Waals surface area contributed by atoms with E-state index in [0.29, 0.717) is 22.8 Å². The Morgan fingerprint density at radius 3 is 2.87 bits per heavy atom. The third-order valence-electron chi connectivity index (χ3n) is 3.18. The second-order valence-corrected chi connectivity index (χ2v) is 5.24. The van der Waals surface area contributed by atoms with E-state index in [4.69, 9.17) is 16.0 Å². The predicted octanol–water partition coefficient (Wildman–Crippen LogP) is 3.17. The zero-order valence-electron chi connectivity index (χ0n) is 12.6. The van der Waals surface area contributed by atoms with Gasteiger partial charge in [-0.3, -0.25) is 14.8 Å². The third kappa shape index (κ3) is 3.09. The fraction of sp³-hybridized carbons (Fsp3) is 0.200. The lowest BCUT2D eigenvalue weighted by Crippen LogP contribution is -2.17. The van der Waals surface area contributed by atoms with Crippen molar-refractivity contribution in [1.29, 1.82) is 0 Å². The Kier molecular flexibility index (Phi) is 4.12. The molecule has 2 aromatic heterocycles. The van der Waals surface area contributed by atoms with Crippen LogP contribution >= 0.6 is 11.6 Å². The highest BCUT2D eigenvalue weighted by Gasteiger charge is 2.17. The number of aromatic nitrogens is 4. The molecule has 1 aromatic carbocycles. The number of hydrogen-bond acceptors (Lipinski definition) is 5. The van der Waals surface area contributed by atoms with E-state index in [0.717, 1.165) is 5.69 Å². The van der Waals surface area contributed by atoms with E-state index in [1.807, 2.05) is 19.9 Å². The van der Waals surface area contributed by atoms with Gasteiger partial charge in [-0.1, -0.05) is 28.8 Å². The first-order valence-electron chi connectivity index (χ1n) is 7.02. The van der Waals surface area contributed by atoms with Crippen LogP contribution in [0.4, 0.5) is 6.01 Å². The molecule has 118 valence electrons. The molecule has 0 saturated heterocycles. The summed E-state index contributed by atoms with van der Waals surface area (Å²) in [6, 6.07) is 8.81. The Balaban J connectivity index is 1.82. The van der Waals surface area contributed by atoms with Gasteiger partial charge in [0.25, 0.3) is 11.8 Å². The van der Waals surface area contributed by atoms with E-state index in [9.17, 15) is 4.79 Å². The standard InChI is InChI=1S/C15H14ClN5O2/c1-3-21-12(8-9(2)20-21)13(22)17-15-19-18-14(23-15)10-6-4-5-7-11(10)16/h4-8H,3H2,1-2H3,(H,17,19,22). The van der Waals surface area contributed by atoms with Crippen LogP contribution in [0.15, 0.2) is 34.7 Å². The zero-order valence-corrected chi connectivity index (χ0v) is 13.3. The molecule has 0 radical (unpaired) electrons. The molecule has 0 aliphatic carbocycles. The van der Waals surface area contributed by atoms with Crippen LogP contribution in [0.1, 0.15) is 23.1 Å². The minimum Gasteiger partial charge on any atom is -0.403 e. The van der Waals surface area contributed by atoms with E-state index < -0.39 is 0 Å². The van der Waals surface area contributed by atoms with E-state index in [2.05, 4.69) is 20.6 Å². The Labute approximate surface area is 137 Å². The van der Waals surface area contributed by atoms with Crippen LogP contribution in [0.5, 0.6) is 0 Å². The molecule has 1 N–H and O–H groups in total. The number of carbonyl (C=O) groups excluding carboxylic acids is 1. The summed E-state index contributed by atoms with van der Waals surface area (Å²) in [7, 11) is 0. The van der Waals surface area contributed by atoms with Crippen molar-refractivity contribution in [3.63, 3.8) is 0 Å². The fourth-order valence-electron chi connectivity index (χ4n) is 2.15. The van der Waals surface area contributed by atoms with Gasteiger partial charge in [0.2, 0.25) is 0 Å². The number of rotatable bonds is 4. The van der Waals surface area contributed by atoms with Crippen molar-refractivity contribution in [2.75, 3.05) is 5.32 Å². The van der Waals surface area contributed by atoms with Gasteiger partial charge in [0.1, 0.15) is 5.69 Å². The lowest BCUT2D eigenvalue weighted by molar-refractivity contribution is 0.101. The first kappa shape index (κ1) is 15.2. The quantitative estimate of drug-likeness (QED) is 0.793. The number of hydrogen-bond donors (Lipinski definition) is 1. The van der Waals surface area contributed by atoms with Gasteiger partial charge in [-0.2, -0.15) is 5.10 Å². The number of anilines is 1. The van der Waals surface area contributed by atoms with Crippen molar-refractivity contribution in [2.45, 2.75) is 20.4 Å². The molecule has 8 heteroatoms. The molecule has 7 nitrogen and oxygen atoms in total. The van der Waals surface area contributed by atoms with Gasteiger partial charge in [0.15, 0.2) is 0 Å². The zero-order chi connectivity index (χ0) is 16.4. The largest absolute Gasteiger partial charge is 0.403 e. The lowest BCUT2D eigenvalue weighted by Gasteiger charge is -2.03. The maximum atomic E-state index is 12.3. The van der Waals surface area contributed by atoms with Crippen molar-refractivity contribution in [1.82, 2.24) is 20.0 Å². The van der Waals surface area contributed by atoms with Gasteiger partial charge < -0.3 is 4.42 Å². The number of benzene rings is 1. The van der Waals surface area contributed by atoms with E-state index in [-0.39, 0.29) is 17.8 Å². The van der Waals surface area contributed by atoms with Gasteiger partial charge in [0, 0.05) is 6.54 Å². The molecule has 3 rings (SSSR count). The molecule has 0 fully saturated rings. The van der Waals surface area contributed by atoms with Crippen molar-refractivity contribution >= 4 is 23.5 Å². The maximum Gasteiger partial charge on any atom is 0.322 e. The van der Waals surface area contributed by atoms with Crippen LogP contribution in [-0.2, 0) is 6.54 Å². The number of nitrogens with one attached hydrogen (secondary N) is 1. The number of nitrogens with zero attached hydrogens (tertiary/aromatic N) is 4. The fourth-order valence-corrected chi connectivity index (χ4v) is 2.36. The Hall–Kier alpha value is -2.67. The van der Waals surface area contributed by atoms with Gasteiger partial charge in [-0.15, -0.1) is 5.10 Å². The highest BCUT2D eigenvalue weighted by Crippen LogP contribution is 2.27. The van der Waals surface area contributed by atoms with Gasteiger partial charge in [-0.05, 0) is 32.0 Å². The second-order valence-electron chi connectivity index (χ2n) is 4.83. The molecule has 0 aliphatic rings. The van der Waals surface area contributed by atoms with E-state index in [1.54, 1.807) is 28.9 Å². The van der Waals surface area contributed by atoms with Crippen LogP contribution < -0.4 is 5.32 Å². The van der Waals surface area contributed by atoms with Crippen molar-refractivity contribution < 1.29 is 9.21 Å². The number of halogens is 1. The monoisotopic (exact) mass is 331 g/mol. The molecule has 1 amide bonds. The maximum absolute atomic E-state index is 12.3. The van der Waals surface area contributed by atoms with Crippen molar-refractivity contribution in [3.8, 4) is 11.5 Å². The SMILES string of the molecule is CCn1nc(C)cc1C(=O)Nc1nnc(-c2ccccc2Cl)o1. The summed E-state index contributed by atoms with van der Waals surface area (Å²) in [6.45, 7) is 4.32. The summed E-state index contributed by atoms with van der Waals surface area (Å²) >= 11 is 6.09. The van der Waals surface area contributed by atoms with Crippen LogP contribution in [0, 0.1) is 6.92 Å². The third-order valence-corrected chi connectivity index (χ3v) is 3.51. The number of carbonyl (C=O) groups is 1. The minimum absolute atomic E-state index is 0.00595. The highest BCUT2D eigenvalue weighted by molar-refractivity contribution is 6.33. The number of aryl methyl sites for hydroxylation is 2. The minimum atomic E-state index is -0.359. The van der Waals surface area contributed by atoms with Crippen LogP contribution in [0.2, 0.25) is 5.02 Å². The smallest absolute Gasteiger partial charge is 0.322 e. The Morgan fingerprint density at radius 2 is 2.13 bits per heavy atom. The lowest BCUT2D eigenvalue weighted by atomic mass is 10.2. The van der Waals surface area contributed by atoms with Gasteiger partial charge >= 0.3 is 6.01 Å². The van der Waals surface area contributed by atoms with Gasteiger partial charge in [-0.25, -0.2) is 0 Å². The first-order chi connectivity index (χ1) is 11.1. The predicted molar refractivity (Wildman–Crippen MR) is 85.3 cm³/mol. The van der Waals surface area contributed by atoms with E-state index >= 15 is 0 Å². The first-order valence-corrected chi connectivity index (χ1v) is 7.40. The molecular formula is C15H14ClN5O2. The molecule has 0 bridgehead atoms. The summed E-state index contributed by atoms with van der Waals surface area (Å²) in [5.41, 5.74) is 1.80. The summed E-state index contributed by atoms with van der Waals surface area (Å²) in [5, 5.41) is 15.0. The van der Waals surface area contributed by atoms with Gasteiger partial charge in [0.05, 0.1) is 16.3 Å². The second kappa shape index (κ2) is 6.21. The van der Waals surface area contributed by atoms with Crippen LogP contribution in [-0.4, -0.2) is 25.9 Å². The molecule has 3 aromatic rings. The van der Waals surface area contributed by atoms with Crippen molar-refractivity contribution in [2.24, 2.45) is 0 Å². The molecule has 0 aliphatic heterocycles. The summed E-state index contributed by atoms with van der Waals surface area (Å²) in [4.78, 5) is 12.3. The molecule has 23 heavy (non-hydrogen) atoms. The average Bonchev–Trinajstić information content (AvgIpc) is 3.14. The molecule has 0 spiro atoms. The number of amides is 1. The molecule has 2 heterocycles. The molecular weight excluding hydrogens is 318 g/mol. The van der Waals surface area contributed by atoms with Crippen LogP contribution in [0.25, 0.3) is 11.5 Å². The summed E-state index contributed by atoms with van der Waals surface area (Å²) in [6.07, 6.45) is 0. The van der Waals surface area contributed by atoms with E-state index in [1.165, 1.54) is 0 Å². The van der Waals surface area contributed by atoms with Crippen LogP contribution in [0.3, 0.4) is 0 Å².